The number of H-pyrrole nitrogens is 1. The fourth-order valence-electron chi connectivity index (χ4n) is 4.06. The molecule has 1 fully saturated rings. The molecule has 0 spiro atoms. The highest BCUT2D eigenvalue weighted by Gasteiger charge is 2.53. The van der Waals surface area contributed by atoms with Crippen molar-refractivity contribution in [3.8, 4) is 0 Å². The van der Waals surface area contributed by atoms with E-state index >= 15 is 0 Å². The summed E-state index contributed by atoms with van der Waals surface area (Å²) < 4.78 is 78.8. The molecule has 7 nitrogen and oxygen atoms in total. The third-order valence-electron chi connectivity index (χ3n) is 5.61. The molecule has 2 aliphatic rings. The number of anilines is 2. The van der Waals surface area contributed by atoms with Gasteiger partial charge < -0.3 is 15.3 Å². The molecule has 2 aromatic rings. The van der Waals surface area contributed by atoms with Gasteiger partial charge in [-0.25, -0.2) is 4.98 Å². The highest BCUT2D eigenvalue weighted by molar-refractivity contribution is 5.97. The van der Waals surface area contributed by atoms with Crippen LogP contribution < -0.4 is 10.2 Å². The average Bonchev–Trinajstić information content (AvgIpc) is 3.10. The largest absolute Gasteiger partial charge is 0.417 e. The molecule has 4 heterocycles. The van der Waals surface area contributed by atoms with E-state index in [2.05, 4.69) is 20.5 Å². The van der Waals surface area contributed by atoms with Gasteiger partial charge in [-0.1, -0.05) is 0 Å². The number of carbonyl (C=O) groups is 1. The number of nitrogens with one attached hydrogen (secondary N) is 2. The number of rotatable bonds is 2. The molecule has 0 unspecified atom stereocenters. The highest BCUT2D eigenvalue weighted by atomic mass is 19.4. The molecule has 0 aliphatic carbocycles. The molecular formula is C18H17F6N5O2. The van der Waals surface area contributed by atoms with Crippen LogP contribution in [0.5, 0.6) is 0 Å². The van der Waals surface area contributed by atoms with E-state index in [9.17, 15) is 36.2 Å². The normalized spacial score (nSPS) is 22.9. The number of amides is 1. The van der Waals surface area contributed by atoms with Crippen molar-refractivity contribution in [2.24, 2.45) is 0 Å². The standard InChI is InChI=1S/C18H17F6N5O2/c19-17(20,21)9-1-2-10(25-7-9)29-5-3-8(4-6-29)13-11-12(18(22,23)24)14(30)16(31)26-15(11)28-27-13/h1-2,7-8,12,14,30H,3-6H2,(H2,26,27,28,31)/t12-,14+/m0/s1. The number of piperidine rings is 1. The number of carbonyl (C=O) groups excluding carboxylic acids is 1. The molecule has 0 bridgehead atoms. The monoisotopic (exact) mass is 449 g/mol. The van der Waals surface area contributed by atoms with Gasteiger partial charge in [0.15, 0.2) is 0 Å². The van der Waals surface area contributed by atoms with Gasteiger partial charge in [0.05, 0.1) is 11.3 Å². The lowest BCUT2D eigenvalue weighted by Crippen LogP contribution is -2.44. The molecule has 2 aromatic heterocycles. The van der Waals surface area contributed by atoms with Crippen molar-refractivity contribution in [2.75, 3.05) is 23.3 Å². The summed E-state index contributed by atoms with van der Waals surface area (Å²) in [4.78, 5) is 17.3. The van der Waals surface area contributed by atoms with Gasteiger partial charge in [-0.3, -0.25) is 9.89 Å². The van der Waals surface area contributed by atoms with Crippen LogP contribution in [0.15, 0.2) is 18.3 Å². The Kier molecular flexibility index (Phi) is 5.10. The number of aliphatic hydroxyl groups excluding tert-OH is 1. The van der Waals surface area contributed by atoms with Crippen LogP contribution in [0, 0.1) is 0 Å². The van der Waals surface area contributed by atoms with Crippen LogP contribution >= 0.6 is 0 Å². The summed E-state index contributed by atoms with van der Waals surface area (Å²) in [6, 6.07) is 2.18. The van der Waals surface area contributed by atoms with Crippen molar-refractivity contribution in [3.63, 3.8) is 0 Å². The zero-order valence-corrected chi connectivity index (χ0v) is 15.8. The molecule has 31 heavy (non-hydrogen) atoms. The first-order valence-electron chi connectivity index (χ1n) is 9.39. The van der Waals surface area contributed by atoms with Crippen molar-refractivity contribution >= 4 is 17.5 Å². The van der Waals surface area contributed by atoms with E-state index in [1.807, 2.05) is 0 Å². The van der Waals surface area contributed by atoms with Crippen LogP contribution in [0.25, 0.3) is 0 Å². The summed E-state index contributed by atoms with van der Waals surface area (Å²) in [5.74, 6) is -3.78. The Morgan fingerprint density at radius 2 is 1.77 bits per heavy atom. The maximum absolute atomic E-state index is 13.6. The molecule has 168 valence electrons. The van der Waals surface area contributed by atoms with Gasteiger partial charge in [-0.05, 0) is 25.0 Å². The van der Waals surface area contributed by atoms with E-state index < -0.39 is 41.8 Å². The van der Waals surface area contributed by atoms with E-state index in [0.29, 0.717) is 31.7 Å². The van der Waals surface area contributed by atoms with Crippen LogP contribution in [-0.2, 0) is 11.0 Å². The number of nitrogens with zero attached hydrogens (tertiary/aromatic N) is 3. The minimum absolute atomic E-state index is 0.122. The first-order valence-corrected chi connectivity index (χ1v) is 9.39. The molecule has 1 amide bonds. The predicted octanol–water partition coefficient (Wildman–Crippen LogP) is 3.17. The first kappa shape index (κ1) is 21.4. The van der Waals surface area contributed by atoms with Crippen molar-refractivity contribution in [2.45, 2.75) is 43.1 Å². The van der Waals surface area contributed by atoms with Gasteiger partial charge in [-0.15, -0.1) is 0 Å². The number of alkyl halides is 6. The lowest BCUT2D eigenvalue weighted by molar-refractivity contribution is -0.177. The molecule has 0 aromatic carbocycles. The number of halogens is 6. The summed E-state index contributed by atoms with van der Waals surface area (Å²) in [7, 11) is 0. The number of hydrogen-bond donors (Lipinski definition) is 3. The van der Waals surface area contributed by atoms with Crippen molar-refractivity contribution in [1.29, 1.82) is 0 Å². The van der Waals surface area contributed by atoms with Gasteiger partial charge in [0, 0.05) is 30.8 Å². The Balaban J connectivity index is 1.52. The summed E-state index contributed by atoms with van der Waals surface area (Å²) in [5, 5.41) is 18.5. The Hall–Kier alpha value is -2.83. The third kappa shape index (κ3) is 3.93. The molecule has 13 heteroatoms. The fraction of sp³-hybridized carbons (Fsp3) is 0.500. The molecule has 4 rings (SSSR count). The van der Waals surface area contributed by atoms with E-state index in [-0.39, 0.29) is 17.1 Å². The van der Waals surface area contributed by atoms with Crippen LogP contribution in [0.3, 0.4) is 0 Å². The van der Waals surface area contributed by atoms with Crippen LogP contribution in [0.1, 0.15) is 41.5 Å². The summed E-state index contributed by atoms with van der Waals surface area (Å²) in [6.45, 7) is 0.687. The number of aliphatic hydroxyl groups is 1. The second kappa shape index (κ2) is 7.39. The molecule has 3 N–H and O–H groups in total. The first-order chi connectivity index (χ1) is 14.5. The van der Waals surface area contributed by atoms with Crippen molar-refractivity contribution in [3.05, 3.63) is 35.2 Å². The van der Waals surface area contributed by atoms with E-state index in [1.54, 1.807) is 4.90 Å². The summed E-state index contributed by atoms with van der Waals surface area (Å²) >= 11 is 0. The van der Waals surface area contributed by atoms with Crippen LogP contribution in [0.2, 0.25) is 0 Å². The lowest BCUT2D eigenvalue weighted by Gasteiger charge is -2.34. The second-order valence-electron chi connectivity index (χ2n) is 7.52. The van der Waals surface area contributed by atoms with Crippen LogP contribution in [0.4, 0.5) is 38.0 Å². The average molecular weight is 449 g/mol. The molecule has 2 atom stereocenters. The van der Waals surface area contributed by atoms with E-state index in [1.165, 1.54) is 6.07 Å². The number of aromatic nitrogens is 3. The zero-order chi connectivity index (χ0) is 22.6. The molecule has 2 aliphatic heterocycles. The predicted molar refractivity (Wildman–Crippen MR) is 95.4 cm³/mol. The smallest absolute Gasteiger partial charge is 0.382 e. The molecule has 0 radical (unpaired) electrons. The Morgan fingerprint density at radius 3 is 2.32 bits per heavy atom. The second-order valence-corrected chi connectivity index (χ2v) is 7.52. The maximum Gasteiger partial charge on any atom is 0.417 e. The van der Waals surface area contributed by atoms with Crippen LogP contribution in [-0.4, -0.2) is 51.6 Å². The van der Waals surface area contributed by atoms with Crippen molar-refractivity contribution in [1.82, 2.24) is 15.2 Å². The number of aromatic amines is 1. The van der Waals surface area contributed by atoms with E-state index in [4.69, 9.17) is 0 Å². The fourth-order valence-corrected chi connectivity index (χ4v) is 4.06. The zero-order valence-electron chi connectivity index (χ0n) is 15.8. The van der Waals surface area contributed by atoms with Gasteiger partial charge in [-0.2, -0.15) is 31.4 Å². The maximum atomic E-state index is 13.6. The van der Waals surface area contributed by atoms with E-state index in [0.717, 1.165) is 12.3 Å². The van der Waals surface area contributed by atoms with Gasteiger partial charge in [0.25, 0.3) is 5.91 Å². The Morgan fingerprint density at radius 1 is 1.10 bits per heavy atom. The summed E-state index contributed by atoms with van der Waals surface area (Å²) in [5.41, 5.74) is -1.02. The molecule has 1 saturated heterocycles. The van der Waals surface area contributed by atoms with Crippen molar-refractivity contribution < 1.29 is 36.2 Å². The van der Waals surface area contributed by atoms with Gasteiger partial charge >= 0.3 is 12.4 Å². The lowest BCUT2D eigenvalue weighted by atomic mass is 9.83. The highest BCUT2D eigenvalue weighted by Crippen LogP contribution is 2.47. The number of fused-ring (bicyclic) bond motifs is 1. The quantitative estimate of drug-likeness (QED) is 0.613. The topological polar surface area (TPSA) is 94.1 Å². The Labute approximate surface area is 171 Å². The number of pyridine rings is 1. The SMILES string of the molecule is O=C1Nc2[nH]nc(C3CCN(c4ccc(C(F)(F)F)cn4)CC3)c2[C@H](C(F)(F)F)[C@H]1O. The molecular weight excluding hydrogens is 432 g/mol. The minimum Gasteiger partial charge on any atom is -0.382 e. The number of hydrogen-bond acceptors (Lipinski definition) is 5. The Bertz CT molecular complexity index is 963. The molecule has 0 saturated carbocycles. The summed E-state index contributed by atoms with van der Waals surface area (Å²) in [6.07, 6.45) is -10.1. The van der Waals surface area contributed by atoms with Gasteiger partial charge in [0.1, 0.15) is 23.7 Å². The third-order valence-corrected chi connectivity index (χ3v) is 5.61. The van der Waals surface area contributed by atoms with Gasteiger partial charge in [0.2, 0.25) is 0 Å². The minimum atomic E-state index is -4.85.